The number of carboxylic acids is 1. The molecule has 6 heteroatoms. The molecule has 0 spiro atoms. The van der Waals surface area contributed by atoms with Crippen molar-refractivity contribution < 1.29 is 19.0 Å². The summed E-state index contributed by atoms with van der Waals surface area (Å²) in [5, 5.41) is 12.0. The fourth-order valence-corrected chi connectivity index (χ4v) is 1.75. The number of aromatic nitrogens is 1. The van der Waals surface area contributed by atoms with E-state index in [1.54, 1.807) is 19.2 Å². The van der Waals surface area contributed by atoms with Crippen molar-refractivity contribution in [3.63, 3.8) is 0 Å². The van der Waals surface area contributed by atoms with Crippen molar-refractivity contribution in [2.45, 2.75) is 6.61 Å². The number of para-hydroxylation sites is 1. The highest BCUT2D eigenvalue weighted by atomic mass is 19.1. The van der Waals surface area contributed by atoms with E-state index in [0.29, 0.717) is 12.3 Å². The van der Waals surface area contributed by atoms with Crippen LogP contribution < -0.4 is 5.32 Å². The quantitative estimate of drug-likeness (QED) is 0.878. The Balaban J connectivity index is 2.37. The van der Waals surface area contributed by atoms with E-state index in [1.165, 1.54) is 0 Å². The summed E-state index contributed by atoms with van der Waals surface area (Å²) in [4.78, 5) is 14.9. The number of aromatic carboxylic acids is 1. The lowest BCUT2D eigenvalue weighted by molar-refractivity contribution is 0.0697. The highest BCUT2D eigenvalue weighted by Gasteiger charge is 2.14. The Morgan fingerprint density at radius 3 is 2.90 bits per heavy atom. The van der Waals surface area contributed by atoms with E-state index in [1.807, 2.05) is 12.1 Å². The van der Waals surface area contributed by atoms with Gasteiger partial charge in [0.25, 0.3) is 0 Å². The van der Waals surface area contributed by atoms with Crippen molar-refractivity contribution in [2.24, 2.45) is 0 Å². The largest absolute Gasteiger partial charge is 0.478 e. The molecule has 0 saturated heterocycles. The molecule has 2 rings (SSSR count). The van der Waals surface area contributed by atoms with E-state index in [-0.39, 0.29) is 11.4 Å². The molecular formula is C14H13FN2O3. The number of pyridine rings is 1. The standard InChI is InChI=1S/C14H13FN2O3/c1-20-8-9-4-2-3-5-12(9)17-13-11(14(18)19)6-10(15)7-16-13/h2-7H,8H2,1H3,(H,16,17)(H,18,19). The zero-order valence-electron chi connectivity index (χ0n) is 10.8. The molecule has 0 unspecified atom stereocenters. The Morgan fingerprint density at radius 1 is 1.45 bits per heavy atom. The van der Waals surface area contributed by atoms with Crippen LogP contribution >= 0.6 is 0 Å². The van der Waals surface area contributed by atoms with Crippen molar-refractivity contribution in [3.8, 4) is 0 Å². The number of nitrogens with one attached hydrogen (secondary N) is 1. The van der Waals surface area contributed by atoms with Gasteiger partial charge in [-0.25, -0.2) is 14.2 Å². The topological polar surface area (TPSA) is 71.5 Å². The molecule has 0 saturated carbocycles. The molecule has 0 atom stereocenters. The summed E-state index contributed by atoms with van der Waals surface area (Å²) in [7, 11) is 1.57. The van der Waals surface area contributed by atoms with E-state index in [9.17, 15) is 9.18 Å². The fraction of sp³-hybridized carbons (Fsp3) is 0.143. The highest BCUT2D eigenvalue weighted by Crippen LogP contribution is 2.23. The normalized spacial score (nSPS) is 10.3. The number of anilines is 2. The molecule has 104 valence electrons. The molecule has 1 heterocycles. The fourth-order valence-electron chi connectivity index (χ4n) is 1.75. The minimum absolute atomic E-state index is 0.0856. The molecule has 0 radical (unpaired) electrons. The molecule has 2 aromatic rings. The average molecular weight is 276 g/mol. The Morgan fingerprint density at radius 2 is 2.20 bits per heavy atom. The van der Waals surface area contributed by atoms with E-state index < -0.39 is 11.8 Å². The summed E-state index contributed by atoms with van der Waals surface area (Å²) >= 11 is 0. The number of nitrogens with zero attached hydrogens (tertiary/aromatic N) is 1. The molecule has 1 aromatic heterocycles. The molecule has 0 aliphatic carbocycles. The number of hydrogen-bond acceptors (Lipinski definition) is 4. The molecule has 20 heavy (non-hydrogen) atoms. The zero-order chi connectivity index (χ0) is 14.5. The van der Waals surface area contributed by atoms with Gasteiger partial charge in [-0.3, -0.25) is 0 Å². The first kappa shape index (κ1) is 14.0. The molecule has 1 aromatic carbocycles. The third kappa shape index (κ3) is 3.10. The second-order valence-electron chi connectivity index (χ2n) is 4.07. The first-order valence-electron chi connectivity index (χ1n) is 5.84. The maximum Gasteiger partial charge on any atom is 0.339 e. The van der Waals surface area contributed by atoms with Crippen LogP contribution in [0.5, 0.6) is 0 Å². The Hall–Kier alpha value is -2.47. The third-order valence-electron chi connectivity index (χ3n) is 2.66. The second kappa shape index (κ2) is 6.12. The van der Waals surface area contributed by atoms with Crippen LogP contribution in [-0.2, 0) is 11.3 Å². The van der Waals surface area contributed by atoms with Crippen LogP contribution in [-0.4, -0.2) is 23.2 Å². The van der Waals surface area contributed by atoms with Crippen LogP contribution in [0.1, 0.15) is 15.9 Å². The summed E-state index contributed by atoms with van der Waals surface area (Å²) < 4.78 is 18.1. The van der Waals surface area contributed by atoms with E-state index in [4.69, 9.17) is 9.84 Å². The smallest absolute Gasteiger partial charge is 0.339 e. The van der Waals surface area contributed by atoms with Crippen LogP contribution in [0.3, 0.4) is 0 Å². The molecule has 5 nitrogen and oxygen atoms in total. The Labute approximate surface area is 115 Å². The number of benzene rings is 1. The van der Waals surface area contributed by atoms with Crippen LogP contribution in [0.4, 0.5) is 15.9 Å². The maximum atomic E-state index is 13.1. The lowest BCUT2D eigenvalue weighted by Crippen LogP contribution is -2.07. The van der Waals surface area contributed by atoms with E-state index >= 15 is 0 Å². The van der Waals surface area contributed by atoms with Gasteiger partial charge in [0.15, 0.2) is 0 Å². The lowest BCUT2D eigenvalue weighted by Gasteiger charge is -2.12. The van der Waals surface area contributed by atoms with E-state index in [0.717, 1.165) is 17.8 Å². The number of rotatable bonds is 5. The number of halogens is 1. The van der Waals surface area contributed by atoms with Gasteiger partial charge in [-0.15, -0.1) is 0 Å². The molecule has 0 aliphatic rings. The van der Waals surface area contributed by atoms with Crippen LogP contribution in [0.15, 0.2) is 36.5 Å². The molecule has 2 N–H and O–H groups in total. The van der Waals surface area contributed by atoms with Crippen molar-refractivity contribution in [1.29, 1.82) is 0 Å². The van der Waals surface area contributed by atoms with Gasteiger partial charge in [0.2, 0.25) is 0 Å². The van der Waals surface area contributed by atoms with Gasteiger partial charge >= 0.3 is 5.97 Å². The van der Waals surface area contributed by atoms with Gasteiger partial charge in [0.05, 0.1) is 12.8 Å². The molecule has 0 fully saturated rings. The summed E-state index contributed by atoms with van der Waals surface area (Å²) in [6.07, 6.45) is 0.966. The van der Waals surface area contributed by atoms with Gasteiger partial charge in [-0.1, -0.05) is 18.2 Å². The number of ether oxygens (including phenoxy) is 1. The van der Waals surface area contributed by atoms with Crippen LogP contribution in [0.2, 0.25) is 0 Å². The van der Waals surface area contributed by atoms with Gasteiger partial charge in [0, 0.05) is 18.4 Å². The number of methoxy groups -OCH3 is 1. The minimum atomic E-state index is -1.25. The Bertz CT molecular complexity index is 632. The summed E-state index contributed by atoms with van der Waals surface area (Å²) in [5.41, 5.74) is 1.28. The summed E-state index contributed by atoms with van der Waals surface area (Å²) in [5.74, 6) is -1.86. The van der Waals surface area contributed by atoms with E-state index in [2.05, 4.69) is 10.3 Å². The first-order valence-corrected chi connectivity index (χ1v) is 5.84. The first-order chi connectivity index (χ1) is 9.61. The third-order valence-corrected chi connectivity index (χ3v) is 2.66. The van der Waals surface area contributed by atoms with Crippen LogP contribution in [0, 0.1) is 5.82 Å². The van der Waals surface area contributed by atoms with Gasteiger partial charge in [-0.05, 0) is 12.1 Å². The molecular weight excluding hydrogens is 263 g/mol. The average Bonchev–Trinajstić information content (AvgIpc) is 2.43. The van der Waals surface area contributed by atoms with Crippen molar-refractivity contribution in [2.75, 3.05) is 12.4 Å². The van der Waals surface area contributed by atoms with Gasteiger partial charge < -0.3 is 15.2 Å². The lowest BCUT2D eigenvalue weighted by atomic mass is 10.1. The van der Waals surface area contributed by atoms with Gasteiger partial charge in [0.1, 0.15) is 17.2 Å². The molecule has 0 amide bonds. The second-order valence-corrected chi connectivity index (χ2v) is 4.07. The zero-order valence-corrected chi connectivity index (χ0v) is 10.8. The monoisotopic (exact) mass is 276 g/mol. The number of carbonyl (C=O) groups is 1. The predicted octanol–water partition coefficient (Wildman–Crippen LogP) is 2.81. The molecule has 0 aliphatic heterocycles. The predicted molar refractivity (Wildman–Crippen MR) is 71.6 cm³/mol. The van der Waals surface area contributed by atoms with Gasteiger partial charge in [-0.2, -0.15) is 0 Å². The maximum absolute atomic E-state index is 13.1. The van der Waals surface area contributed by atoms with Crippen LogP contribution in [0.25, 0.3) is 0 Å². The molecule has 0 bridgehead atoms. The van der Waals surface area contributed by atoms with Crippen molar-refractivity contribution in [1.82, 2.24) is 4.98 Å². The minimum Gasteiger partial charge on any atom is -0.478 e. The number of hydrogen-bond donors (Lipinski definition) is 2. The van der Waals surface area contributed by atoms with Crippen molar-refractivity contribution >= 4 is 17.5 Å². The SMILES string of the molecule is COCc1ccccc1Nc1ncc(F)cc1C(=O)O. The Kier molecular flexibility index (Phi) is 4.27. The van der Waals surface area contributed by atoms with Crippen molar-refractivity contribution in [3.05, 3.63) is 53.5 Å². The summed E-state index contributed by atoms with van der Waals surface area (Å²) in [6.45, 7) is 0.368. The number of carboxylic acid groups (broad SMARTS) is 1. The highest BCUT2D eigenvalue weighted by molar-refractivity contribution is 5.94. The summed E-state index contributed by atoms with van der Waals surface area (Å²) in [6, 6.07) is 8.18.